The standard InChI is InChI=1S/C18H21NO/c1-13-9-10-19-17(11-13)18(20)12-15-7-4-6-14-5-2-3-8-16(14)15/h2-3,5,8-11,15,18,20H,4,6-7,12H2,1H3. The van der Waals surface area contributed by atoms with E-state index in [1.54, 1.807) is 6.20 Å². The second kappa shape index (κ2) is 5.76. The molecule has 1 N–H and O–H groups in total. The van der Waals surface area contributed by atoms with Crippen molar-refractivity contribution in [2.45, 2.75) is 44.6 Å². The van der Waals surface area contributed by atoms with Gasteiger partial charge in [-0.15, -0.1) is 0 Å². The third-order valence-electron chi connectivity index (χ3n) is 4.28. The van der Waals surface area contributed by atoms with E-state index in [-0.39, 0.29) is 0 Å². The summed E-state index contributed by atoms with van der Waals surface area (Å²) in [5.41, 5.74) is 4.82. The molecule has 1 heterocycles. The molecular weight excluding hydrogens is 246 g/mol. The van der Waals surface area contributed by atoms with Crippen LogP contribution in [0, 0.1) is 6.92 Å². The van der Waals surface area contributed by atoms with Gasteiger partial charge < -0.3 is 5.11 Å². The van der Waals surface area contributed by atoms with Crippen LogP contribution in [0.25, 0.3) is 0 Å². The Kier molecular flexibility index (Phi) is 3.83. The Labute approximate surface area is 120 Å². The lowest BCUT2D eigenvalue weighted by molar-refractivity contribution is 0.149. The molecule has 1 aliphatic carbocycles. The second-order valence-corrected chi connectivity index (χ2v) is 5.80. The number of aromatic nitrogens is 1. The maximum Gasteiger partial charge on any atom is 0.0965 e. The molecule has 2 nitrogen and oxygen atoms in total. The monoisotopic (exact) mass is 267 g/mol. The van der Waals surface area contributed by atoms with E-state index < -0.39 is 6.10 Å². The second-order valence-electron chi connectivity index (χ2n) is 5.80. The van der Waals surface area contributed by atoms with Crippen molar-refractivity contribution in [1.29, 1.82) is 0 Å². The van der Waals surface area contributed by atoms with Crippen LogP contribution in [0.1, 0.15) is 53.7 Å². The van der Waals surface area contributed by atoms with E-state index in [2.05, 4.69) is 29.2 Å². The van der Waals surface area contributed by atoms with Crippen LogP contribution in [-0.4, -0.2) is 10.1 Å². The molecule has 0 saturated heterocycles. The lowest BCUT2D eigenvalue weighted by Crippen LogP contribution is -2.13. The number of nitrogens with zero attached hydrogens (tertiary/aromatic N) is 1. The molecule has 2 atom stereocenters. The number of fused-ring (bicyclic) bond motifs is 1. The summed E-state index contributed by atoms with van der Waals surface area (Å²) in [6.45, 7) is 2.04. The van der Waals surface area contributed by atoms with Crippen LogP contribution in [0.15, 0.2) is 42.6 Å². The van der Waals surface area contributed by atoms with Gasteiger partial charge >= 0.3 is 0 Å². The van der Waals surface area contributed by atoms with Crippen LogP contribution in [0.2, 0.25) is 0 Å². The number of pyridine rings is 1. The normalized spacial score (nSPS) is 19.4. The lowest BCUT2D eigenvalue weighted by atomic mass is 9.79. The predicted molar refractivity (Wildman–Crippen MR) is 80.7 cm³/mol. The van der Waals surface area contributed by atoms with Crippen LogP contribution < -0.4 is 0 Å². The van der Waals surface area contributed by atoms with Crippen LogP contribution in [0.5, 0.6) is 0 Å². The number of hydrogen-bond acceptors (Lipinski definition) is 2. The average Bonchev–Trinajstić information content (AvgIpc) is 2.47. The van der Waals surface area contributed by atoms with Crippen LogP contribution >= 0.6 is 0 Å². The number of aliphatic hydroxyl groups is 1. The fourth-order valence-electron chi connectivity index (χ4n) is 3.23. The Bertz CT molecular complexity index is 593. The van der Waals surface area contributed by atoms with Gasteiger partial charge in [-0.25, -0.2) is 0 Å². The molecule has 1 aromatic heterocycles. The fourth-order valence-corrected chi connectivity index (χ4v) is 3.23. The van der Waals surface area contributed by atoms with Crippen molar-refractivity contribution < 1.29 is 5.11 Å². The molecule has 0 saturated carbocycles. The summed E-state index contributed by atoms with van der Waals surface area (Å²) < 4.78 is 0. The minimum Gasteiger partial charge on any atom is -0.387 e. The van der Waals surface area contributed by atoms with E-state index in [4.69, 9.17) is 0 Å². The molecule has 0 fully saturated rings. The maximum atomic E-state index is 10.5. The zero-order valence-electron chi connectivity index (χ0n) is 11.9. The van der Waals surface area contributed by atoms with Crippen LogP contribution in [-0.2, 0) is 6.42 Å². The minimum atomic E-state index is -0.467. The first-order valence-corrected chi connectivity index (χ1v) is 7.42. The first-order chi connectivity index (χ1) is 9.74. The smallest absolute Gasteiger partial charge is 0.0965 e. The first kappa shape index (κ1) is 13.3. The Hall–Kier alpha value is -1.67. The van der Waals surface area contributed by atoms with E-state index >= 15 is 0 Å². The molecule has 2 unspecified atom stereocenters. The van der Waals surface area contributed by atoms with Crippen molar-refractivity contribution in [2.75, 3.05) is 0 Å². The summed E-state index contributed by atoms with van der Waals surface area (Å²) in [6.07, 6.45) is 5.64. The Morgan fingerprint density at radius 1 is 1.30 bits per heavy atom. The molecule has 20 heavy (non-hydrogen) atoms. The Morgan fingerprint density at radius 2 is 2.15 bits per heavy atom. The van der Waals surface area contributed by atoms with Crippen molar-refractivity contribution in [3.63, 3.8) is 0 Å². The van der Waals surface area contributed by atoms with Gasteiger partial charge in [-0.05, 0) is 67.3 Å². The summed E-state index contributed by atoms with van der Waals surface area (Å²) in [5, 5.41) is 10.5. The van der Waals surface area contributed by atoms with Crippen molar-refractivity contribution >= 4 is 0 Å². The highest BCUT2D eigenvalue weighted by Gasteiger charge is 2.23. The molecule has 2 aromatic rings. The molecule has 1 aromatic carbocycles. The maximum absolute atomic E-state index is 10.5. The highest BCUT2D eigenvalue weighted by Crippen LogP contribution is 2.37. The molecule has 0 radical (unpaired) electrons. The van der Waals surface area contributed by atoms with E-state index in [1.807, 2.05) is 19.1 Å². The van der Waals surface area contributed by atoms with Gasteiger partial charge in [0.2, 0.25) is 0 Å². The van der Waals surface area contributed by atoms with Gasteiger partial charge in [0.15, 0.2) is 0 Å². The zero-order chi connectivity index (χ0) is 13.9. The van der Waals surface area contributed by atoms with Crippen molar-refractivity contribution in [2.24, 2.45) is 0 Å². The number of aryl methyl sites for hydroxylation is 2. The van der Waals surface area contributed by atoms with Gasteiger partial charge in [0.05, 0.1) is 11.8 Å². The fraction of sp³-hybridized carbons (Fsp3) is 0.389. The molecule has 2 heteroatoms. The van der Waals surface area contributed by atoms with Gasteiger partial charge in [-0.3, -0.25) is 4.98 Å². The van der Waals surface area contributed by atoms with Crippen molar-refractivity contribution in [3.05, 3.63) is 65.0 Å². The number of aliphatic hydroxyl groups excluding tert-OH is 1. The Balaban J connectivity index is 1.79. The lowest BCUT2D eigenvalue weighted by Gasteiger charge is -2.27. The van der Waals surface area contributed by atoms with E-state index in [1.165, 1.54) is 30.4 Å². The summed E-state index contributed by atoms with van der Waals surface area (Å²) >= 11 is 0. The summed E-state index contributed by atoms with van der Waals surface area (Å²) in [4.78, 5) is 4.31. The van der Waals surface area contributed by atoms with E-state index in [9.17, 15) is 5.11 Å². The number of benzene rings is 1. The summed E-state index contributed by atoms with van der Waals surface area (Å²) in [5.74, 6) is 0.456. The molecule has 0 bridgehead atoms. The molecule has 104 valence electrons. The minimum absolute atomic E-state index is 0.456. The zero-order valence-corrected chi connectivity index (χ0v) is 11.9. The van der Waals surface area contributed by atoms with Gasteiger partial charge in [-0.2, -0.15) is 0 Å². The van der Waals surface area contributed by atoms with E-state index in [0.29, 0.717) is 5.92 Å². The van der Waals surface area contributed by atoms with Crippen molar-refractivity contribution in [1.82, 2.24) is 4.98 Å². The van der Waals surface area contributed by atoms with Gasteiger partial charge in [-0.1, -0.05) is 24.3 Å². The molecule has 0 aliphatic heterocycles. The highest BCUT2D eigenvalue weighted by molar-refractivity contribution is 5.33. The van der Waals surface area contributed by atoms with Gasteiger partial charge in [0, 0.05) is 6.20 Å². The van der Waals surface area contributed by atoms with Crippen molar-refractivity contribution in [3.8, 4) is 0 Å². The quantitative estimate of drug-likeness (QED) is 0.914. The number of rotatable bonds is 3. The van der Waals surface area contributed by atoms with Crippen LogP contribution in [0.3, 0.4) is 0 Å². The average molecular weight is 267 g/mol. The van der Waals surface area contributed by atoms with Crippen LogP contribution in [0.4, 0.5) is 0 Å². The molecular formula is C18H21NO. The number of hydrogen-bond donors (Lipinski definition) is 1. The van der Waals surface area contributed by atoms with Gasteiger partial charge in [0.1, 0.15) is 0 Å². The topological polar surface area (TPSA) is 33.1 Å². The third-order valence-corrected chi connectivity index (χ3v) is 4.28. The SMILES string of the molecule is Cc1ccnc(C(O)CC2CCCc3ccccc32)c1. The van der Waals surface area contributed by atoms with Gasteiger partial charge in [0.25, 0.3) is 0 Å². The third kappa shape index (κ3) is 2.75. The summed E-state index contributed by atoms with van der Waals surface area (Å²) in [7, 11) is 0. The largest absolute Gasteiger partial charge is 0.387 e. The van der Waals surface area contributed by atoms with E-state index in [0.717, 1.165) is 17.7 Å². The molecule has 1 aliphatic rings. The Morgan fingerprint density at radius 3 is 3.00 bits per heavy atom. The molecule has 3 rings (SSSR count). The first-order valence-electron chi connectivity index (χ1n) is 7.42. The molecule has 0 amide bonds. The highest BCUT2D eigenvalue weighted by atomic mass is 16.3. The molecule has 0 spiro atoms. The predicted octanol–water partition coefficient (Wildman–Crippen LogP) is 3.93. The summed E-state index contributed by atoms with van der Waals surface area (Å²) in [6, 6.07) is 12.6.